The first-order chi connectivity index (χ1) is 13.6. The summed E-state index contributed by atoms with van der Waals surface area (Å²) in [5.41, 5.74) is 8.25. The Labute approximate surface area is 166 Å². The van der Waals surface area contributed by atoms with Crippen LogP contribution >= 0.6 is 0 Å². The highest BCUT2D eigenvalue weighted by atomic mass is 14.3. The molecule has 5 rings (SSSR count). The molecular weight excluding hydrogens is 336 g/mol. The molecule has 3 aromatic rings. The Bertz CT molecular complexity index is 1360. The summed E-state index contributed by atoms with van der Waals surface area (Å²) in [5.74, 6) is 0.308. The van der Waals surface area contributed by atoms with Crippen molar-refractivity contribution in [3.05, 3.63) is 122 Å². The number of hydrogen-bond acceptors (Lipinski definition) is 0. The lowest BCUT2D eigenvalue weighted by atomic mass is 9.85. The molecule has 0 fully saturated rings. The molecule has 28 heavy (non-hydrogen) atoms. The molecule has 0 heteroatoms. The molecule has 0 bridgehead atoms. The van der Waals surface area contributed by atoms with Crippen LogP contribution in [-0.4, -0.2) is 0 Å². The normalized spacial score (nSPS) is 16.8. The van der Waals surface area contributed by atoms with E-state index in [2.05, 4.69) is 106 Å². The number of fused-ring (bicyclic) bond motifs is 2. The second-order valence-corrected chi connectivity index (χ2v) is 8.08. The highest BCUT2D eigenvalue weighted by Crippen LogP contribution is 2.40. The van der Waals surface area contributed by atoms with Gasteiger partial charge in [-0.05, 0) is 70.0 Å². The fourth-order valence-electron chi connectivity index (χ4n) is 4.66. The quantitative estimate of drug-likeness (QED) is 0.447. The van der Waals surface area contributed by atoms with Gasteiger partial charge in [0.1, 0.15) is 0 Å². The first-order valence-electron chi connectivity index (χ1n) is 10.0. The topological polar surface area (TPSA) is 0 Å². The van der Waals surface area contributed by atoms with Gasteiger partial charge in [0.2, 0.25) is 0 Å². The predicted molar refractivity (Wildman–Crippen MR) is 119 cm³/mol. The van der Waals surface area contributed by atoms with Crippen LogP contribution in [0.5, 0.6) is 0 Å². The van der Waals surface area contributed by atoms with Crippen LogP contribution < -0.4 is 10.4 Å². The third-order valence-electron chi connectivity index (χ3n) is 5.93. The third kappa shape index (κ3) is 2.60. The van der Waals surface area contributed by atoms with E-state index in [0.29, 0.717) is 5.92 Å². The first kappa shape index (κ1) is 17.0. The Balaban J connectivity index is 1.86. The average molecular weight is 361 g/mol. The van der Waals surface area contributed by atoms with Crippen LogP contribution in [-0.2, 0) is 0 Å². The molecule has 2 aliphatic rings. The zero-order valence-corrected chi connectivity index (χ0v) is 16.7. The van der Waals surface area contributed by atoms with E-state index in [0.717, 1.165) is 0 Å². The van der Waals surface area contributed by atoms with Crippen LogP contribution in [0.2, 0.25) is 0 Å². The molecule has 3 aromatic carbocycles. The van der Waals surface area contributed by atoms with Gasteiger partial charge in [0, 0.05) is 5.92 Å². The zero-order chi connectivity index (χ0) is 19.3. The van der Waals surface area contributed by atoms with Crippen molar-refractivity contribution in [1.29, 1.82) is 0 Å². The largest absolute Gasteiger partial charge is 0.0697 e. The molecule has 136 valence electrons. The van der Waals surface area contributed by atoms with Crippen LogP contribution in [0.3, 0.4) is 0 Å². The van der Waals surface area contributed by atoms with Gasteiger partial charge in [-0.3, -0.25) is 0 Å². The van der Waals surface area contributed by atoms with Gasteiger partial charge in [0.15, 0.2) is 0 Å². The van der Waals surface area contributed by atoms with E-state index in [-0.39, 0.29) is 0 Å². The first-order valence-corrected chi connectivity index (χ1v) is 10.0. The van der Waals surface area contributed by atoms with Crippen molar-refractivity contribution in [2.75, 3.05) is 0 Å². The maximum Gasteiger partial charge on any atom is 0.0281 e. The molecule has 0 nitrogen and oxygen atoms in total. The number of benzene rings is 3. The summed E-state index contributed by atoms with van der Waals surface area (Å²) in [7, 11) is 0. The maximum atomic E-state index is 2.40. The zero-order valence-electron chi connectivity index (χ0n) is 16.7. The van der Waals surface area contributed by atoms with E-state index in [1.54, 1.807) is 0 Å². The second-order valence-electron chi connectivity index (χ2n) is 8.08. The van der Waals surface area contributed by atoms with Crippen molar-refractivity contribution in [2.24, 2.45) is 0 Å². The Morgan fingerprint density at radius 2 is 1.50 bits per heavy atom. The lowest BCUT2D eigenvalue weighted by Gasteiger charge is -2.18. The van der Waals surface area contributed by atoms with Crippen molar-refractivity contribution >= 4 is 17.2 Å². The van der Waals surface area contributed by atoms with E-state index in [4.69, 9.17) is 0 Å². The van der Waals surface area contributed by atoms with Gasteiger partial charge in [-0.25, -0.2) is 0 Å². The summed E-state index contributed by atoms with van der Waals surface area (Å²) in [6.07, 6.45) is 7.17. The molecule has 0 heterocycles. The lowest BCUT2D eigenvalue weighted by molar-refractivity contribution is 1.11. The van der Waals surface area contributed by atoms with Gasteiger partial charge in [-0.2, -0.15) is 0 Å². The predicted octanol–water partition coefficient (Wildman–Crippen LogP) is 5.43. The highest BCUT2D eigenvalue weighted by Gasteiger charge is 2.24. The van der Waals surface area contributed by atoms with Gasteiger partial charge >= 0.3 is 0 Å². The van der Waals surface area contributed by atoms with Crippen molar-refractivity contribution in [2.45, 2.75) is 26.7 Å². The van der Waals surface area contributed by atoms with Gasteiger partial charge in [0.25, 0.3) is 0 Å². The van der Waals surface area contributed by atoms with E-state index < -0.39 is 0 Å². The van der Waals surface area contributed by atoms with Crippen molar-refractivity contribution in [3.63, 3.8) is 0 Å². The summed E-state index contributed by atoms with van der Waals surface area (Å²) >= 11 is 0. The van der Waals surface area contributed by atoms with Gasteiger partial charge in [-0.1, -0.05) is 90.0 Å². The van der Waals surface area contributed by atoms with E-state index in [1.807, 2.05) is 0 Å². The monoisotopic (exact) mass is 360 g/mol. The Hall–Kier alpha value is -3.12. The highest BCUT2D eigenvalue weighted by molar-refractivity contribution is 5.85. The molecule has 1 unspecified atom stereocenters. The average Bonchev–Trinajstić information content (AvgIpc) is 3.28. The fourth-order valence-corrected chi connectivity index (χ4v) is 4.66. The van der Waals surface area contributed by atoms with Gasteiger partial charge in [0.05, 0.1) is 0 Å². The molecule has 2 aliphatic carbocycles. The minimum atomic E-state index is 0.308. The van der Waals surface area contributed by atoms with Crippen LogP contribution in [0.25, 0.3) is 17.2 Å². The van der Waals surface area contributed by atoms with Gasteiger partial charge in [-0.15, -0.1) is 0 Å². The standard InChI is InChI=1S/C28H24/c1-18(2)22-13-14-24-23-12-8-7-11-21(23)17-27(24)28(22)26-16-19(3)15-25(26)20-9-5-4-6-10-20/h4-17,25H,1-3H3. The maximum absolute atomic E-state index is 2.40. The number of allylic oxidation sites excluding steroid dienone is 4. The summed E-state index contributed by atoms with van der Waals surface area (Å²) in [6.45, 7) is 6.66. The smallest absolute Gasteiger partial charge is 0.0281 e. The molecular formula is C28H24. The number of rotatable bonds is 2. The van der Waals surface area contributed by atoms with Crippen molar-refractivity contribution in [1.82, 2.24) is 0 Å². The fraction of sp³-hybridized carbons (Fsp3) is 0.143. The van der Waals surface area contributed by atoms with Crippen LogP contribution in [0.1, 0.15) is 43.4 Å². The second kappa shape index (κ2) is 6.49. The lowest BCUT2D eigenvalue weighted by Crippen LogP contribution is -2.15. The molecule has 0 amide bonds. The summed E-state index contributed by atoms with van der Waals surface area (Å²) in [6, 6.07) is 24.2. The Morgan fingerprint density at radius 3 is 2.29 bits per heavy atom. The summed E-state index contributed by atoms with van der Waals surface area (Å²) in [5, 5.41) is 5.38. The minimum Gasteiger partial charge on any atom is -0.0697 e. The molecule has 0 saturated carbocycles. The van der Waals surface area contributed by atoms with Crippen LogP contribution in [0, 0.1) is 10.4 Å². The minimum absolute atomic E-state index is 0.308. The molecule has 0 radical (unpaired) electrons. The molecule has 0 aliphatic heterocycles. The van der Waals surface area contributed by atoms with Crippen molar-refractivity contribution < 1.29 is 0 Å². The molecule has 0 N–H and O–H groups in total. The SMILES string of the molecule is CC1=CC(c2ccccc2)C(c2c3c(ccc2=C(C)C)=c2ccccc2=C3)=C1. The van der Waals surface area contributed by atoms with E-state index in [9.17, 15) is 0 Å². The third-order valence-corrected chi connectivity index (χ3v) is 5.93. The van der Waals surface area contributed by atoms with E-state index >= 15 is 0 Å². The molecule has 0 saturated heterocycles. The molecule has 1 atom stereocenters. The Kier molecular flexibility index (Phi) is 3.94. The number of hydrogen-bond donors (Lipinski definition) is 0. The Morgan fingerprint density at radius 1 is 0.750 bits per heavy atom. The van der Waals surface area contributed by atoms with Crippen LogP contribution in [0.4, 0.5) is 0 Å². The molecule has 0 aromatic heterocycles. The van der Waals surface area contributed by atoms with Crippen molar-refractivity contribution in [3.8, 4) is 0 Å². The van der Waals surface area contributed by atoms with Gasteiger partial charge < -0.3 is 0 Å². The van der Waals surface area contributed by atoms with Crippen LogP contribution in [0.15, 0.2) is 84.5 Å². The van der Waals surface area contributed by atoms with E-state index in [1.165, 1.54) is 54.3 Å². The summed E-state index contributed by atoms with van der Waals surface area (Å²) < 4.78 is 0. The molecule has 0 spiro atoms. The summed E-state index contributed by atoms with van der Waals surface area (Å²) in [4.78, 5) is 0.